The summed E-state index contributed by atoms with van der Waals surface area (Å²) in [5.41, 5.74) is 0. The third-order valence-corrected chi connectivity index (χ3v) is 3.65. The normalized spacial score (nSPS) is 23.0. The largest absolute Gasteiger partial charge is 0.317 e. The molecular formula is C14H32N4. The van der Waals surface area contributed by atoms with Crippen LogP contribution in [0.2, 0.25) is 0 Å². The molecule has 0 aromatic carbocycles. The van der Waals surface area contributed by atoms with E-state index in [1.54, 1.807) is 0 Å². The molecule has 4 heteroatoms. The third-order valence-electron chi connectivity index (χ3n) is 3.65. The molecule has 0 radical (unpaired) electrons. The van der Waals surface area contributed by atoms with Crippen LogP contribution in [0, 0.1) is 0 Å². The van der Waals surface area contributed by atoms with Gasteiger partial charge in [0.2, 0.25) is 0 Å². The van der Waals surface area contributed by atoms with Gasteiger partial charge in [-0.15, -0.1) is 0 Å². The molecule has 0 spiro atoms. The molecule has 4 nitrogen and oxygen atoms in total. The highest BCUT2D eigenvalue weighted by Crippen LogP contribution is 2.19. The number of hydrogen-bond donors (Lipinski definition) is 4. The van der Waals surface area contributed by atoms with Gasteiger partial charge in [0.05, 0.1) is 0 Å². The Morgan fingerprint density at radius 1 is 0.722 bits per heavy atom. The molecule has 2 atom stereocenters. The molecule has 0 aromatic rings. The Labute approximate surface area is 113 Å². The van der Waals surface area contributed by atoms with Crippen LogP contribution >= 0.6 is 0 Å². The molecule has 1 aliphatic carbocycles. The van der Waals surface area contributed by atoms with Crippen molar-refractivity contribution < 1.29 is 0 Å². The summed E-state index contributed by atoms with van der Waals surface area (Å²) in [5, 5.41) is 14.0. The standard InChI is InChI=1S/C14H32N4/c1-3-15-9-5-11-17-13-7-8-14(13)18-12-6-10-16-4-2/h13-18H,3-12H2,1-2H3/t13-,14-/m1/s1. The van der Waals surface area contributed by atoms with Crippen LogP contribution in [0.1, 0.15) is 39.5 Å². The second kappa shape index (κ2) is 10.7. The van der Waals surface area contributed by atoms with Crippen molar-refractivity contribution in [2.75, 3.05) is 39.3 Å². The molecule has 4 N–H and O–H groups in total. The molecule has 0 amide bonds. The summed E-state index contributed by atoms with van der Waals surface area (Å²) in [4.78, 5) is 0. The van der Waals surface area contributed by atoms with E-state index in [1.165, 1.54) is 25.7 Å². The Balaban J connectivity index is 1.89. The molecule has 0 aromatic heterocycles. The first kappa shape index (κ1) is 15.9. The van der Waals surface area contributed by atoms with Crippen molar-refractivity contribution in [1.82, 2.24) is 21.3 Å². The van der Waals surface area contributed by atoms with Gasteiger partial charge in [-0.2, -0.15) is 0 Å². The lowest BCUT2D eigenvalue weighted by Gasteiger charge is -2.38. The first-order valence-electron chi connectivity index (χ1n) is 7.76. The fourth-order valence-corrected chi connectivity index (χ4v) is 2.34. The Hall–Kier alpha value is -0.160. The fourth-order valence-electron chi connectivity index (χ4n) is 2.34. The molecule has 0 saturated heterocycles. The van der Waals surface area contributed by atoms with Crippen molar-refractivity contribution in [2.45, 2.75) is 51.6 Å². The minimum absolute atomic E-state index is 0.714. The highest BCUT2D eigenvalue weighted by atomic mass is 15.0. The van der Waals surface area contributed by atoms with E-state index in [4.69, 9.17) is 0 Å². The lowest BCUT2D eigenvalue weighted by molar-refractivity contribution is 0.238. The Morgan fingerprint density at radius 3 is 1.50 bits per heavy atom. The summed E-state index contributed by atoms with van der Waals surface area (Å²) >= 11 is 0. The molecule has 1 saturated carbocycles. The molecule has 0 unspecified atom stereocenters. The minimum atomic E-state index is 0.714. The number of rotatable bonds is 12. The van der Waals surface area contributed by atoms with Gasteiger partial charge in [-0.25, -0.2) is 0 Å². The predicted molar refractivity (Wildman–Crippen MR) is 79.1 cm³/mol. The van der Waals surface area contributed by atoms with Crippen LogP contribution in [0.4, 0.5) is 0 Å². The maximum Gasteiger partial charge on any atom is 0.0221 e. The summed E-state index contributed by atoms with van der Waals surface area (Å²) in [5.74, 6) is 0. The predicted octanol–water partition coefficient (Wildman–Crippen LogP) is 0.696. The van der Waals surface area contributed by atoms with Gasteiger partial charge in [0.25, 0.3) is 0 Å². The number of nitrogens with one attached hydrogen (secondary N) is 4. The van der Waals surface area contributed by atoms with Crippen LogP contribution in [0.15, 0.2) is 0 Å². The van der Waals surface area contributed by atoms with E-state index < -0.39 is 0 Å². The van der Waals surface area contributed by atoms with E-state index in [0.717, 1.165) is 39.3 Å². The van der Waals surface area contributed by atoms with Crippen LogP contribution in [0.25, 0.3) is 0 Å². The quantitative estimate of drug-likeness (QED) is 0.388. The van der Waals surface area contributed by atoms with E-state index in [0.29, 0.717) is 12.1 Å². The smallest absolute Gasteiger partial charge is 0.0221 e. The van der Waals surface area contributed by atoms with E-state index in [9.17, 15) is 0 Å². The summed E-state index contributed by atoms with van der Waals surface area (Å²) in [7, 11) is 0. The molecule has 1 aliphatic rings. The molecule has 108 valence electrons. The van der Waals surface area contributed by atoms with Crippen molar-refractivity contribution in [2.24, 2.45) is 0 Å². The van der Waals surface area contributed by atoms with Crippen molar-refractivity contribution in [3.63, 3.8) is 0 Å². The summed E-state index contributed by atoms with van der Waals surface area (Å²) in [6.45, 7) is 11.0. The van der Waals surface area contributed by atoms with Crippen molar-refractivity contribution in [1.29, 1.82) is 0 Å². The molecule has 0 heterocycles. The number of hydrogen-bond acceptors (Lipinski definition) is 4. The molecule has 0 bridgehead atoms. The lowest BCUT2D eigenvalue weighted by Crippen LogP contribution is -2.55. The monoisotopic (exact) mass is 256 g/mol. The van der Waals surface area contributed by atoms with Gasteiger partial charge in [-0.3, -0.25) is 0 Å². The maximum atomic E-state index is 3.66. The Bertz CT molecular complexity index is 167. The van der Waals surface area contributed by atoms with Crippen LogP contribution in [0.3, 0.4) is 0 Å². The zero-order valence-electron chi connectivity index (χ0n) is 12.2. The van der Waals surface area contributed by atoms with E-state index in [2.05, 4.69) is 35.1 Å². The first-order valence-corrected chi connectivity index (χ1v) is 7.76. The van der Waals surface area contributed by atoms with Gasteiger partial charge in [0.15, 0.2) is 0 Å². The highest BCUT2D eigenvalue weighted by Gasteiger charge is 2.29. The second-order valence-electron chi connectivity index (χ2n) is 5.11. The van der Waals surface area contributed by atoms with Gasteiger partial charge < -0.3 is 21.3 Å². The van der Waals surface area contributed by atoms with Gasteiger partial charge in [0.1, 0.15) is 0 Å². The van der Waals surface area contributed by atoms with Gasteiger partial charge in [0, 0.05) is 12.1 Å². The molecular weight excluding hydrogens is 224 g/mol. The van der Waals surface area contributed by atoms with Crippen LogP contribution < -0.4 is 21.3 Å². The summed E-state index contributed by atoms with van der Waals surface area (Å²) in [6.07, 6.45) is 5.15. The fraction of sp³-hybridized carbons (Fsp3) is 1.00. The van der Waals surface area contributed by atoms with E-state index >= 15 is 0 Å². The topological polar surface area (TPSA) is 48.1 Å². The van der Waals surface area contributed by atoms with Crippen LogP contribution in [-0.2, 0) is 0 Å². The molecule has 18 heavy (non-hydrogen) atoms. The van der Waals surface area contributed by atoms with Crippen LogP contribution in [-0.4, -0.2) is 51.4 Å². The molecule has 1 fully saturated rings. The van der Waals surface area contributed by atoms with Gasteiger partial charge in [-0.1, -0.05) is 13.8 Å². The SMILES string of the molecule is CCNCCCN[C@@H]1CC[C@H]1NCCCNCC. The van der Waals surface area contributed by atoms with Gasteiger partial charge in [-0.05, 0) is 65.0 Å². The average Bonchev–Trinajstić information content (AvgIpc) is 2.36. The van der Waals surface area contributed by atoms with Gasteiger partial charge >= 0.3 is 0 Å². The molecule has 0 aliphatic heterocycles. The lowest BCUT2D eigenvalue weighted by atomic mass is 9.86. The molecule has 1 rings (SSSR count). The Morgan fingerprint density at radius 2 is 1.17 bits per heavy atom. The van der Waals surface area contributed by atoms with Crippen molar-refractivity contribution >= 4 is 0 Å². The minimum Gasteiger partial charge on any atom is -0.317 e. The van der Waals surface area contributed by atoms with Crippen molar-refractivity contribution in [3.05, 3.63) is 0 Å². The average molecular weight is 256 g/mol. The zero-order chi connectivity index (χ0) is 13.1. The van der Waals surface area contributed by atoms with E-state index in [1.807, 2.05) is 0 Å². The first-order chi connectivity index (χ1) is 8.88. The van der Waals surface area contributed by atoms with Crippen LogP contribution in [0.5, 0.6) is 0 Å². The third kappa shape index (κ3) is 6.69. The Kier molecular flexibility index (Phi) is 9.48. The summed E-state index contributed by atoms with van der Waals surface area (Å²) < 4.78 is 0. The highest BCUT2D eigenvalue weighted by molar-refractivity contribution is 4.92. The van der Waals surface area contributed by atoms with Crippen molar-refractivity contribution in [3.8, 4) is 0 Å². The maximum absolute atomic E-state index is 3.66. The summed E-state index contributed by atoms with van der Waals surface area (Å²) in [6, 6.07) is 1.43. The van der Waals surface area contributed by atoms with E-state index in [-0.39, 0.29) is 0 Å². The second-order valence-corrected chi connectivity index (χ2v) is 5.11. The zero-order valence-corrected chi connectivity index (χ0v) is 12.2.